The molecular weight excluding hydrogens is 240 g/mol. The van der Waals surface area contributed by atoms with Gasteiger partial charge in [-0.1, -0.05) is 19.9 Å². The fourth-order valence-electron chi connectivity index (χ4n) is 2.57. The highest BCUT2D eigenvalue weighted by Crippen LogP contribution is 2.26. The topological polar surface area (TPSA) is 46.5 Å². The molecule has 1 aromatic carbocycles. The summed E-state index contributed by atoms with van der Waals surface area (Å²) in [6, 6.07) is 6.00. The number of carboxylic acid groups (broad SMARTS) is 1. The number of fused-ring (bicyclic) bond motifs is 1. The summed E-state index contributed by atoms with van der Waals surface area (Å²) in [5.41, 5.74) is 2.70. The van der Waals surface area contributed by atoms with Crippen molar-refractivity contribution in [2.75, 3.05) is 0 Å². The van der Waals surface area contributed by atoms with E-state index in [1.165, 1.54) is 24.0 Å². The molecule has 0 fully saturated rings. The van der Waals surface area contributed by atoms with Crippen molar-refractivity contribution in [3.05, 3.63) is 29.3 Å². The Bertz CT molecular complexity index is 451. The molecule has 0 unspecified atom stereocenters. The maximum atomic E-state index is 11.2. The minimum absolute atomic E-state index is 0.304. The number of hydrogen-bond donors (Lipinski definition) is 1. The fraction of sp³-hybridized carbons (Fsp3) is 0.562. The number of carbonyl (C=O) groups is 1. The van der Waals surface area contributed by atoms with Crippen LogP contribution in [-0.2, 0) is 17.6 Å². The maximum Gasteiger partial charge on any atom is 0.344 e. The van der Waals surface area contributed by atoms with Crippen molar-refractivity contribution < 1.29 is 14.6 Å². The van der Waals surface area contributed by atoms with Crippen LogP contribution < -0.4 is 4.74 Å². The molecule has 1 atom stereocenters. The van der Waals surface area contributed by atoms with Gasteiger partial charge in [0, 0.05) is 0 Å². The molecule has 0 aromatic heterocycles. The highest BCUT2D eigenvalue weighted by Gasteiger charge is 2.21. The normalized spacial score (nSPS) is 15.9. The molecule has 0 amide bonds. The smallest absolute Gasteiger partial charge is 0.344 e. The number of hydrogen-bond acceptors (Lipinski definition) is 2. The van der Waals surface area contributed by atoms with E-state index < -0.39 is 12.1 Å². The summed E-state index contributed by atoms with van der Waals surface area (Å²) in [6.45, 7) is 4.01. The molecular formula is C16H22O3. The molecule has 2 rings (SSSR count). The van der Waals surface area contributed by atoms with Crippen molar-refractivity contribution in [3.8, 4) is 5.75 Å². The molecule has 0 saturated heterocycles. The number of aryl methyl sites for hydroxylation is 2. The lowest BCUT2D eigenvalue weighted by molar-refractivity contribution is -0.145. The van der Waals surface area contributed by atoms with E-state index in [1.807, 2.05) is 26.0 Å². The van der Waals surface area contributed by atoms with Crippen molar-refractivity contribution in [1.29, 1.82) is 0 Å². The Balaban J connectivity index is 2.10. The van der Waals surface area contributed by atoms with E-state index in [9.17, 15) is 9.90 Å². The van der Waals surface area contributed by atoms with Crippen LogP contribution in [0.3, 0.4) is 0 Å². The van der Waals surface area contributed by atoms with Gasteiger partial charge in [-0.3, -0.25) is 0 Å². The number of benzene rings is 1. The third-order valence-corrected chi connectivity index (χ3v) is 3.56. The lowest BCUT2D eigenvalue weighted by Crippen LogP contribution is -2.28. The van der Waals surface area contributed by atoms with Crippen LogP contribution in [0.1, 0.15) is 44.2 Å². The van der Waals surface area contributed by atoms with Gasteiger partial charge in [0.25, 0.3) is 0 Å². The van der Waals surface area contributed by atoms with E-state index in [2.05, 4.69) is 6.07 Å². The first-order valence-corrected chi connectivity index (χ1v) is 7.07. The van der Waals surface area contributed by atoms with Gasteiger partial charge < -0.3 is 9.84 Å². The van der Waals surface area contributed by atoms with Crippen molar-refractivity contribution in [2.24, 2.45) is 5.92 Å². The first-order valence-electron chi connectivity index (χ1n) is 7.07. The summed E-state index contributed by atoms with van der Waals surface area (Å²) < 4.78 is 5.65. The summed E-state index contributed by atoms with van der Waals surface area (Å²) >= 11 is 0. The molecule has 0 spiro atoms. The summed E-state index contributed by atoms with van der Waals surface area (Å²) in [5, 5.41) is 9.20. The molecule has 1 aliphatic carbocycles. The van der Waals surface area contributed by atoms with Gasteiger partial charge in [0.15, 0.2) is 6.10 Å². The summed E-state index contributed by atoms with van der Waals surface area (Å²) in [4.78, 5) is 11.2. The Morgan fingerprint density at radius 3 is 2.58 bits per heavy atom. The highest BCUT2D eigenvalue weighted by atomic mass is 16.5. The third-order valence-electron chi connectivity index (χ3n) is 3.56. The molecule has 0 heterocycles. The second kappa shape index (κ2) is 6.09. The van der Waals surface area contributed by atoms with Gasteiger partial charge in [-0.05, 0) is 61.3 Å². The minimum atomic E-state index is -0.883. The van der Waals surface area contributed by atoms with Crippen LogP contribution in [-0.4, -0.2) is 17.2 Å². The van der Waals surface area contributed by atoms with E-state index in [-0.39, 0.29) is 0 Å². The predicted octanol–water partition coefficient (Wildman–Crippen LogP) is 3.44. The average Bonchev–Trinajstić information content (AvgIpc) is 2.37. The zero-order chi connectivity index (χ0) is 13.8. The maximum absolute atomic E-state index is 11.2. The number of ether oxygens (including phenoxy) is 1. The van der Waals surface area contributed by atoms with Gasteiger partial charge in [0.2, 0.25) is 0 Å². The molecule has 1 N–H and O–H groups in total. The summed E-state index contributed by atoms with van der Waals surface area (Å²) in [7, 11) is 0. The summed E-state index contributed by atoms with van der Waals surface area (Å²) in [5.74, 6) is 0.110. The van der Waals surface area contributed by atoms with Crippen LogP contribution >= 0.6 is 0 Å². The fourth-order valence-corrected chi connectivity index (χ4v) is 2.57. The van der Waals surface area contributed by atoms with E-state index >= 15 is 0 Å². The molecule has 19 heavy (non-hydrogen) atoms. The molecule has 104 valence electrons. The largest absolute Gasteiger partial charge is 0.479 e. The van der Waals surface area contributed by atoms with Gasteiger partial charge in [0.05, 0.1) is 0 Å². The molecule has 1 aromatic rings. The van der Waals surface area contributed by atoms with Crippen LogP contribution in [0, 0.1) is 5.92 Å². The molecule has 3 heteroatoms. The molecule has 0 aliphatic heterocycles. The van der Waals surface area contributed by atoms with E-state index in [0.717, 1.165) is 12.8 Å². The van der Waals surface area contributed by atoms with Gasteiger partial charge in [-0.2, -0.15) is 0 Å². The average molecular weight is 262 g/mol. The van der Waals surface area contributed by atoms with Crippen molar-refractivity contribution in [1.82, 2.24) is 0 Å². The second-order valence-electron chi connectivity index (χ2n) is 5.71. The van der Waals surface area contributed by atoms with Crippen molar-refractivity contribution in [3.63, 3.8) is 0 Å². The van der Waals surface area contributed by atoms with Crippen molar-refractivity contribution in [2.45, 2.75) is 52.1 Å². The summed E-state index contributed by atoms with van der Waals surface area (Å²) in [6.07, 6.45) is 4.45. The van der Waals surface area contributed by atoms with E-state index in [0.29, 0.717) is 18.1 Å². The van der Waals surface area contributed by atoms with Crippen LogP contribution in [0.4, 0.5) is 0 Å². The molecule has 1 aliphatic rings. The predicted molar refractivity (Wildman–Crippen MR) is 74.6 cm³/mol. The van der Waals surface area contributed by atoms with Crippen LogP contribution in [0.2, 0.25) is 0 Å². The number of aliphatic carboxylic acids is 1. The highest BCUT2D eigenvalue weighted by molar-refractivity contribution is 5.72. The first kappa shape index (κ1) is 13.9. The Labute approximate surface area is 114 Å². The first-order chi connectivity index (χ1) is 9.06. The molecule has 3 nitrogen and oxygen atoms in total. The number of carboxylic acids is 1. The standard InChI is InChI=1S/C16H22O3/c1-11(2)9-15(16(17)18)19-14-8-7-12-5-3-4-6-13(12)10-14/h7-8,10-11,15H,3-6,9H2,1-2H3,(H,17,18)/t15-/m1/s1. The third kappa shape index (κ3) is 3.72. The van der Waals surface area contributed by atoms with Crippen LogP contribution in [0.5, 0.6) is 5.75 Å². The SMILES string of the molecule is CC(C)C[C@@H](Oc1ccc2c(c1)CCCC2)C(=O)O. The van der Waals surface area contributed by atoms with Gasteiger partial charge in [-0.15, -0.1) is 0 Å². The molecule has 0 bridgehead atoms. The van der Waals surface area contributed by atoms with Crippen LogP contribution in [0.25, 0.3) is 0 Å². The van der Waals surface area contributed by atoms with Gasteiger partial charge in [-0.25, -0.2) is 4.79 Å². The zero-order valence-electron chi connectivity index (χ0n) is 11.7. The van der Waals surface area contributed by atoms with Crippen LogP contribution in [0.15, 0.2) is 18.2 Å². The Morgan fingerprint density at radius 1 is 1.26 bits per heavy atom. The Kier molecular flexibility index (Phi) is 4.46. The lowest BCUT2D eigenvalue weighted by atomic mass is 9.92. The van der Waals surface area contributed by atoms with Crippen molar-refractivity contribution >= 4 is 5.97 Å². The zero-order valence-corrected chi connectivity index (χ0v) is 11.7. The quantitative estimate of drug-likeness (QED) is 0.884. The van der Waals surface area contributed by atoms with E-state index in [1.54, 1.807) is 0 Å². The second-order valence-corrected chi connectivity index (χ2v) is 5.71. The minimum Gasteiger partial charge on any atom is -0.479 e. The van der Waals surface area contributed by atoms with Gasteiger partial charge in [0.1, 0.15) is 5.75 Å². The lowest BCUT2D eigenvalue weighted by Gasteiger charge is -2.20. The molecule has 0 radical (unpaired) electrons. The van der Waals surface area contributed by atoms with E-state index in [4.69, 9.17) is 4.74 Å². The monoisotopic (exact) mass is 262 g/mol. The Morgan fingerprint density at radius 2 is 1.95 bits per heavy atom. The van der Waals surface area contributed by atoms with Gasteiger partial charge >= 0.3 is 5.97 Å². The molecule has 0 saturated carbocycles. The number of rotatable bonds is 5. The Hall–Kier alpha value is -1.51.